The van der Waals surface area contributed by atoms with Crippen molar-refractivity contribution in [2.45, 2.75) is 13.7 Å². The first-order valence-electron chi connectivity index (χ1n) is 3.89. The molecule has 0 fully saturated rings. The summed E-state index contributed by atoms with van der Waals surface area (Å²) in [6.45, 7) is 3.71. The quantitative estimate of drug-likeness (QED) is 0.378. The highest BCUT2D eigenvalue weighted by atomic mass is 14.6. The molecule has 0 amide bonds. The van der Waals surface area contributed by atoms with Crippen molar-refractivity contribution in [3.63, 3.8) is 0 Å². The van der Waals surface area contributed by atoms with Crippen molar-refractivity contribution in [1.82, 2.24) is 0 Å². The number of benzene rings is 1. The van der Waals surface area contributed by atoms with E-state index in [1.807, 2.05) is 32.3 Å². The van der Waals surface area contributed by atoms with Crippen molar-refractivity contribution in [3.05, 3.63) is 23.8 Å². The Morgan fingerprint density at radius 1 is 1.50 bits per heavy atom. The average molecular weight is 159 g/mol. The van der Waals surface area contributed by atoms with Gasteiger partial charge in [0.1, 0.15) is 7.28 Å². The highest BCUT2D eigenvalue weighted by molar-refractivity contribution is 6.52. The first-order chi connectivity index (χ1) is 5.65. The SMILES string of the molecule is C[B]c1ccc(N)c(C(C)=N)c1. The number of nitrogen functional groups attached to an aromatic ring is 1. The molecule has 2 nitrogen and oxygen atoms in total. The van der Waals surface area contributed by atoms with Crippen LogP contribution in [0.2, 0.25) is 6.82 Å². The zero-order chi connectivity index (χ0) is 9.14. The molecule has 3 N–H and O–H groups in total. The highest BCUT2D eigenvalue weighted by Gasteiger charge is 2.01. The van der Waals surface area contributed by atoms with Crippen LogP contribution in [0.25, 0.3) is 0 Å². The monoisotopic (exact) mass is 159 g/mol. The molecule has 0 aliphatic carbocycles. The molecule has 0 atom stereocenters. The van der Waals surface area contributed by atoms with Gasteiger partial charge >= 0.3 is 0 Å². The summed E-state index contributed by atoms with van der Waals surface area (Å²) in [6, 6.07) is 5.71. The van der Waals surface area contributed by atoms with Gasteiger partial charge in [0.15, 0.2) is 0 Å². The summed E-state index contributed by atoms with van der Waals surface area (Å²) < 4.78 is 0. The van der Waals surface area contributed by atoms with Gasteiger partial charge in [0.05, 0.1) is 0 Å². The molecule has 0 unspecified atom stereocenters. The van der Waals surface area contributed by atoms with Gasteiger partial charge in [-0.2, -0.15) is 0 Å². The van der Waals surface area contributed by atoms with Gasteiger partial charge in [0, 0.05) is 17.0 Å². The lowest BCUT2D eigenvalue weighted by molar-refractivity contribution is 1.46. The number of anilines is 1. The van der Waals surface area contributed by atoms with Crippen LogP contribution in [0.5, 0.6) is 0 Å². The molecule has 0 spiro atoms. The number of rotatable bonds is 2. The molecule has 0 bridgehead atoms. The molecule has 1 radical (unpaired) electrons. The molecule has 61 valence electrons. The number of hydrogen-bond acceptors (Lipinski definition) is 2. The van der Waals surface area contributed by atoms with E-state index in [9.17, 15) is 0 Å². The van der Waals surface area contributed by atoms with Crippen LogP contribution in [0.3, 0.4) is 0 Å². The fourth-order valence-electron chi connectivity index (χ4n) is 1.08. The molecule has 0 saturated carbocycles. The van der Waals surface area contributed by atoms with E-state index in [2.05, 4.69) is 0 Å². The van der Waals surface area contributed by atoms with Crippen LogP contribution in [0.15, 0.2) is 18.2 Å². The van der Waals surface area contributed by atoms with Gasteiger partial charge in [-0.1, -0.05) is 24.4 Å². The Bertz CT molecular complexity index is 307. The van der Waals surface area contributed by atoms with Crippen LogP contribution in [-0.2, 0) is 0 Å². The molecular formula is C9H12BN2. The number of hydrogen-bond donors (Lipinski definition) is 2. The van der Waals surface area contributed by atoms with Gasteiger partial charge in [-0.3, -0.25) is 0 Å². The molecule has 1 rings (SSSR count). The topological polar surface area (TPSA) is 49.9 Å². The molecule has 12 heavy (non-hydrogen) atoms. The third-order valence-corrected chi connectivity index (χ3v) is 1.81. The molecule has 1 aromatic rings. The van der Waals surface area contributed by atoms with Crippen molar-refractivity contribution in [2.24, 2.45) is 0 Å². The summed E-state index contributed by atoms with van der Waals surface area (Å²) in [4.78, 5) is 0. The van der Waals surface area contributed by atoms with Crippen LogP contribution in [0.4, 0.5) is 5.69 Å². The fraction of sp³-hybridized carbons (Fsp3) is 0.222. The van der Waals surface area contributed by atoms with E-state index >= 15 is 0 Å². The zero-order valence-electron chi connectivity index (χ0n) is 7.39. The normalized spacial score (nSPS) is 9.50. The summed E-state index contributed by atoms with van der Waals surface area (Å²) in [5.74, 6) is 0. The van der Waals surface area contributed by atoms with E-state index < -0.39 is 0 Å². The Morgan fingerprint density at radius 3 is 2.67 bits per heavy atom. The van der Waals surface area contributed by atoms with Crippen LogP contribution in [0, 0.1) is 5.41 Å². The maximum absolute atomic E-state index is 7.45. The molecule has 3 heteroatoms. The predicted octanol–water partition coefficient (Wildman–Crippen LogP) is 1.03. The predicted molar refractivity (Wildman–Crippen MR) is 54.6 cm³/mol. The fourth-order valence-corrected chi connectivity index (χ4v) is 1.08. The van der Waals surface area contributed by atoms with Crippen molar-refractivity contribution >= 4 is 24.1 Å². The van der Waals surface area contributed by atoms with Gasteiger partial charge in [-0.05, 0) is 13.0 Å². The Labute approximate surface area is 73.5 Å². The third-order valence-electron chi connectivity index (χ3n) is 1.81. The first-order valence-corrected chi connectivity index (χ1v) is 3.89. The molecule has 1 aromatic carbocycles. The van der Waals surface area contributed by atoms with E-state index in [1.165, 1.54) is 0 Å². The van der Waals surface area contributed by atoms with Crippen LogP contribution in [0.1, 0.15) is 12.5 Å². The maximum Gasteiger partial charge on any atom is 0.148 e. The summed E-state index contributed by atoms with van der Waals surface area (Å²) in [6.07, 6.45) is 0. The minimum atomic E-state index is 0.510. The van der Waals surface area contributed by atoms with E-state index in [0.29, 0.717) is 11.4 Å². The Kier molecular flexibility index (Phi) is 2.53. The smallest absolute Gasteiger partial charge is 0.148 e. The van der Waals surface area contributed by atoms with Gasteiger partial charge in [0.2, 0.25) is 0 Å². The lowest BCUT2D eigenvalue weighted by Gasteiger charge is -2.05. The summed E-state index contributed by atoms with van der Waals surface area (Å²) in [5, 5.41) is 7.45. The minimum Gasteiger partial charge on any atom is -0.398 e. The molecule has 0 saturated heterocycles. The minimum absolute atomic E-state index is 0.510. The van der Waals surface area contributed by atoms with Crippen LogP contribution < -0.4 is 11.2 Å². The molecule has 0 heterocycles. The Morgan fingerprint density at radius 2 is 2.17 bits per heavy atom. The van der Waals surface area contributed by atoms with Crippen molar-refractivity contribution in [2.75, 3.05) is 5.73 Å². The van der Waals surface area contributed by atoms with Crippen LogP contribution >= 0.6 is 0 Å². The average Bonchev–Trinajstić information content (AvgIpc) is 2.05. The van der Waals surface area contributed by atoms with Gasteiger partial charge in [-0.15, -0.1) is 0 Å². The highest BCUT2D eigenvalue weighted by Crippen LogP contribution is 2.09. The van der Waals surface area contributed by atoms with Crippen molar-refractivity contribution in [1.29, 1.82) is 5.41 Å². The van der Waals surface area contributed by atoms with E-state index in [1.54, 1.807) is 6.92 Å². The number of nitrogens with one attached hydrogen (secondary N) is 1. The summed E-state index contributed by atoms with van der Waals surface area (Å²) in [5.41, 5.74) is 8.80. The standard InChI is InChI=1S/C9H12BN2/c1-6(11)8-5-7(10-2)3-4-9(8)12/h3-5,11H,12H2,1-2H3. The van der Waals surface area contributed by atoms with Crippen molar-refractivity contribution in [3.8, 4) is 0 Å². The first kappa shape index (κ1) is 8.85. The van der Waals surface area contributed by atoms with Gasteiger partial charge in [-0.25, -0.2) is 0 Å². The second kappa shape index (κ2) is 3.43. The Balaban J connectivity index is 3.17. The third kappa shape index (κ3) is 1.67. The molecular weight excluding hydrogens is 147 g/mol. The number of nitrogens with two attached hydrogens (primary N) is 1. The van der Waals surface area contributed by atoms with E-state index in [4.69, 9.17) is 11.1 Å². The Hall–Kier alpha value is -1.25. The van der Waals surface area contributed by atoms with Crippen LogP contribution in [-0.4, -0.2) is 13.0 Å². The molecule has 0 aromatic heterocycles. The van der Waals surface area contributed by atoms with Gasteiger partial charge in [0.25, 0.3) is 0 Å². The molecule has 0 aliphatic rings. The van der Waals surface area contributed by atoms with E-state index in [-0.39, 0.29) is 0 Å². The lowest BCUT2D eigenvalue weighted by atomic mass is 9.72. The summed E-state index contributed by atoms with van der Waals surface area (Å²) >= 11 is 0. The maximum atomic E-state index is 7.45. The van der Waals surface area contributed by atoms with Gasteiger partial charge < -0.3 is 11.1 Å². The lowest BCUT2D eigenvalue weighted by Crippen LogP contribution is -2.13. The molecule has 0 aliphatic heterocycles. The van der Waals surface area contributed by atoms with E-state index in [0.717, 1.165) is 11.0 Å². The second-order valence-electron chi connectivity index (χ2n) is 2.76. The largest absolute Gasteiger partial charge is 0.398 e. The summed E-state index contributed by atoms with van der Waals surface area (Å²) in [7, 11) is 1.99. The van der Waals surface area contributed by atoms with Crippen molar-refractivity contribution < 1.29 is 0 Å². The second-order valence-corrected chi connectivity index (χ2v) is 2.76. The zero-order valence-corrected chi connectivity index (χ0v) is 7.39.